The lowest BCUT2D eigenvalue weighted by Gasteiger charge is -2.18. The number of fused-ring (bicyclic) bond motifs is 2. The number of aromatic hydroxyl groups is 1. The Labute approximate surface area is 174 Å². The molecule has 3 N–H and O–H groups in total. The highest BCUT2D eigenvalue weighted by Crippen LogP contribution is 2.36. The molecular weight excluding hydrogens is 370 g/mol. The Hall–Kier alpha value is -3.92. The second kappa shape index (κ2) is 7.48. The van der Waals surface area contributed by atoms with E-state index in [1.807, 2.05) is 48.7 Å². The zero-order valence-electron chi connectivity index (χ0n) is 16.6. The molecule has 0 saturated heterocycles. The molecule has 0 aliphatic carbocycles. The van der Waals surface area contributed by atoms with Gasteiger partial charge in [0.2, 0.25) is 0 Å². The number of aromatic nitrogens is 2. The van der Waals surface area contributed by atoms with Gasteiger partial charge in [-0.3, -0.25) is 10.3 Å². The quantitative estimate of drug-likeness (QED) is 0.429. The summed E-state index contributed by atoms with van der Waals surface area (Å²) in [5.74, 6) is 1.08. The molecule has 2 heterocycles. The number of nitrogens with one attached hydrogen (secondary N) is 2. The van der Waals surface area contributed by atoms with Gasteiger partial charge in [-0.1, -0.05) is 48.5 Å². The maximum atomic E-state index is 11.1. The number of aromatic amines is 1. The van der Waals surface area contributed by atoms with Crippen LogP contribution in [0.1, 0.15) is 22.7 Å². The third-order valence-electron chi connectivity index (χ3n) is 5.45. The van der Waals surface area contributed by atoms with Crippen molar-refractivity contribution in [2.75, 3.05) is 5.32 Å². The Balaban J connectivity index is 1.68. The van der Waals surface area contributed by atoms with Crippen molar-refractivity contribution in [2.24, 2.45) is 0 Å². The summed E-state index contributed by atoms with van der Waals surface area (Å²) in [5.41, 5.74) is 3.61. The van der Waals surface area contributed by atoms with E-state index in [1.54, 1.807) is 6.20 Å². The van der Waals surface area contributed by atoms with Crippen molar-refractivity contribution >= 4 is 27.5 Å². The topological polar surface area (TPSA) is 59.3 Å². The summed E-state index contributed by atoms with van der Waals surface area (Å²) < 4.78 is 0. The molecule has 0 saturated carbocycles. The second-order valence-corrected chi connectivity index (χ2v) is 7.54. The summed E-state index contributed by atoms with van der Waals surface area (Å²) in [5, 5.41) is 18.0. The van der Waals surface area contributed by atoms with Crippen molar-refractivity contribution in [2.45, 2.75) is 13.0 Å². The van der Waals surface area contributed by atoms with Crippen LogP contribution in [0.3, 0.4) is 0 Å². The Bertz CT molecular complexity index is 1360. The molecule has 0 amide bonds. The zero-order chi connectivity index (χ0) is 20.5. The molecule has 0 aliphatic heterocycles. The molecule has 1 atom stereocenters. The van der Waals surface area contributed by atoms with Crippen LogP contribution in [0.4, 0.5) is 5.82 Å². The molecule has 4 heteroatoms. The fourth-order valence-electron chi connectivity index (χ4n) is 3.93. The highest BCUT2D eigenvalue weighted by Gasteiger charge is 2.24. The van der Waals surface area contributed by atoms with Crippen LogP contribution >= 0.6 is 0 Å². The van der Waals surface area contributed by atoms with Crippen LogP contribution in [-0.2, 0) is 0 Å². The summed E-state index contributed by atoms with van der Waals surface area (Å²) in [4.78, 5) is 7.67. The van der Waals surface area contributed by atoms with Crippen molar-refractivity contribution in [3.8, 4) is 5.75 Å². The molecule has 4 nitrogen and oxygen atoms in total. The number of nitrogens with zero attached hydrogens (tertiary/aromatic N) is 1. The van der Waals surface area contributed by atoms with Gasteiger partial charge in [0, 0.05) is 28.8 Å². The van der Waals surface area contributed by atoms with Crippen molar-refractivity contribution in [3.05, 3.63) is 108 Å². The van der Waals surface area contributed by atoms with Gasteiger partial charge in [0.25, 0.3) is 5.82 Å². The summed E-state index contributed by atoms with van der Waals surface area (Å²) in [7, 11) is 0. The van der Waals surface area contributed by atoms with Gasteiger partial charge in [-0.05, 0) is 47.5 Å². The average Bonchev–Trinajstić information content (AvgIpc) is 2.78. The SMILES string of the molecule is Cc1cc[nH+]c(N[C@H](c2ccc3ccccc3c2)c2ccc3cccnc3c2O)c1. The molecule has 5 rings (SSSR count). The number of aryl methyl sites for hydroxylation is 1. The van der Waals surface area contributed by atoms with Crippen LogP contribution in [-0.4, -0.2) is 10.1 Å². The van der Waals surface area contributed by atoms with Gasteiger partial charge in [-0.25, -0.2) is 4.98 Å². The lowest BCUT2D eigenvalue weighted by atomic mass is 9.94. The third-order valence-corrected chi connectivity index (χ3v) is 5.45. The molecule has 5 aromatic rings. The van der Waals surface area contributed by atoms with Crippen LogP contribution in [0.15, 0.2) is 91.3 Å². The number of phenolic OH excluding ortho intramolecular Hbond substituents is 1. The number of benzene rings is 3. The fourth-order valence-corrected chi connectivity index (χ4v) is 3.93. The minimum absolute atomic E-state index is 0.200. The molecule has 2 aromatic heterocycles. The molecule has 0 bridgehead atoms. The van der Waals surface area contributed by atoms with Crippen molar-refractivity contribution < 1.29 is 10.1 Å². The predicted molar refractivity (Wildman–Crippen MR) is 121 cm³/mol. The van der Waals surface area contributed by atoms with Crippen molar-refractivity contribution in [1.82, 2.24) is 4.98 Å². The Morgan fingerprint density at radius 3 is 2.53 bits per heavy atom. The normalized spacial score (nSPS) is 12.2. The summed E-state index contributed by atoms with van der Waals surface area (Å²) in [6, 6.07) is 26.3. The Morgan fingerprint density at radius 2 is 1.67 bits per heavy atom. The first-order valence-corrected chi connectivity index (χ1v) is 9.99. The van der Waals surface area contributed by atoms with Crippen LogP contribution < -0.4 is 10.3 Å². The average molecular weight is 392 g/mol. The molecule has 30 heavy (non-hydrogen) atoms. The lowest BCUT2D eigenvalue weighted by Crippen LogP contribution is -2.19. The van der Waals surface area contributed by atoms with Crippen molar-refractivity contribution in [3.63, 3.8) is 0 Å². The first-order chi connectivity index (χ1) is 14.7. The number of hydrogen-bond acceptors (Lipinski definition) is 3. The number of phenols is 1. The summed E-state index contributed by atoms with van der Waals surface area (Å²) in [6.07, 6.45) is 3.62. The number of pyridine rings is 2. The van der Waals surface area contributed by atoms with E-state index in [0.29, 0.717) is 5.52 Å². The summed E-state index contributed by atoms with van der Waals surface area (Å²) in [6.45, 7) is 2.06. The molecule has 0 spiro atoms. The second-order valence-electron chi connectivity index (χ2n) is 7.54. The molecule has 146 valence electrons. The Morgan fingerprint density at radius 1 is 0.867 bits per heavy atom. The minimum Gasteiger partial charge on any atom is -0.505 e. The largest absolute Gasteiger partial charge is 0.505 e. The van der Waals surface area contributed by atoms with E-state index in [2.05, 4.69) is 58.6 Å². The van der Waals surface area contributed by atoms with Gasteiger partial charge in [0.05, 0.1) is 6.20 Å². The van der Waals surface area contributed by atoms with Gasteiger partial charge < -0.3 is 5.11 Å². The van der Waals surface area contributed by atoms with E-state index in [1.165, 1.54) is 5.39 Å². The molecule has 0 radical (unpaired) electrons. The standard InChI is InChI=1S/C26H21N3O/c1-17-12-14-27-23(15-17)29-24(21-9-8-18-5-2-3-6-20(18)16-21)22-11-10-19-7-4-13-28-25(19)26(22)30/h2-16,24,30H,1H3,(H,27,29)/p+1/t24-/m1/s1. The summed E-state index contributed by atoms with van der Waals surface area (Å²) >= 11 is 0. The van der Waals surface area contributed by atoms with E-state index < -0.39 is 0 Å². The highest BCUT2D eigenvalue weighted by molar-refractivity contribution is 5.87. The third kappa shape index (κ3) is 3.33. The molecular formula is C26H22N3O+. The van der Waals surface area contributed by atoms with Crippen LogP contribution in [0.5, 0.6) is 5.75 Å². The highest BCUT2D eigenvalue weighted by atomic mass is 16.3. The van der Waals surface area contributed by atoms with E-state index in [4.69, 9.17) is 0 Å². The Kier molecular flexibility index (Phi) is 4.52. The number of rotatable bonds is 4. The predicted octanol–water partition coefficient (Wildman–Crippen LogP) is 5.42. The first-order valence-electron chi connectivity index (χ1n) is 9.99. The van der Waals surface area contributed by atoms with Gasteiger partial charge in [-0.2, -0.15) is 0 Å². The fraction of sp³-hybridized carbons (Fsp3) is 0.0769. The molecule has 0 fully saturated rings. The zero-order valence-corrected chi connectivity index (χ0v) is 16.6. The minimum atomic E-state index is -0.251. The van der Waals surface area contributed by atoms with Crippen LogP contribution in [0.25, 0.3) is 21.7 Å². The van der Waals surface area contributed by atoms with E-state index in [-0.39, 0.29) is 11.8 Å². The molecule has 3 aromatic carbocycles. The maximum absolute atomic E-state index is 11.1. The van der Waals surface area contributed by atoms with Gasteiger partial charge >= 0.3 is 0 Å². The van der Waals surface area contributed by atoms with Gasteiger partial charge in [0.15, 0.2) is 0 Å². The van der Waals surface area contributed by atoms with E-state index in [9.17, 15) is 5.11 Å². The lowest BCUT2D eigenvalue weighted by molar-refractivity contribution is -0.361. The van der Waals surface area contributed by atoms with E-state index >= 15 is 0 Å². The van der Waals surface area contributed by atoms with Gasteiger partial charge in [0.1, 0.15) is 17.3 Å². The maximum Gasteiger partial charge on any atom is 0.273 e. The molecule has 0 aliphatic rings. The molecule has 0 unspecified atom stereocenters. The smallest absolute Gasteiger partial charge is 0.273 e. The van der Waals surface area contributed by atoms with Crippen LogP contribution in [0, 0.1) is 6.92 Å². The number of anilines is 1. The first kappa shape index (κ1) is 18.1. The van der Waals surface area contributed by atoms with Crippen LogP contribution in [0.2, 0.25) is 0 Å². The van der Waals surface area contributed by atoms with Crippen molar-refractivity contribution in [1.29, 1.82) is 0 Å². The van der Waals surface area contributed by atoms with Gasteiger partial charge in [-0.15, -0.1) is 0 Å². The number of H-pyrrole nitrogens is 1. The monoisotopic (exact) mass is 392 g/mol. The number of hydrogen-bond donors (Lipinski definition) is 2. The van der Waals surface area contributed by atoms with E-state index in [0.717, 1.165) is 33.3 Å².